The molecule has 1 aromatic rings. The van der Waals surface area contributed by atoms with Crippen molar-refractivity contribution in [1.82, 2.24) is 4.98 Å². The maximum atomic E-state index is 11.0. The second kappa shape index (κ2) is 5.29. The van der Waals surface area contributed by atoms with Crippen LogP contribution in [0.1, 0.15) is 24.2 Å². The van der Waals surface area contributed by atoms with Gasteiger partial charge in [0.1, 0.15) is 5.82 Å². The van der Waals surface area contributed by atoms with Gasteiger partial charge in [-0.05, 0) is 26.0 Å². The molecule has 0 spiro atoms. The van der Waals surface area contributed by atoms with Crippen molar-refractivity contribution in [2.24, 2.45) is 11.7 Å². The van der Waals surface area contributed by atoms with Crippen molar-refractivity contribution in [1.29, 1.82) is 0 Å². The number of aromatic nitrogens is 1. The van der Waals surface area contributed by atoms with Crippen molar-refractivity contribution in [3.63, 3.8) is 0 Å². The Labute approximate surface area is 98.8 Å². The van der Waals surface area contributed by atoms with Gasteiger partial charge in [-0.25, -0.2) is 4.98 Å². The third kappa shape index (κ3) is 3.44. The van der Waals surface area contributed by atoms with E-state index in [1.165, 1.54) is 18.3 Å². The van der Waals surface area contributed by atoms with E-state index in [0.717, 1.165) is 0 Å². The molecule has 1 aromatic heterocycles. The van der Waals surface area contributed by atoms with Gasteiger partial charge in [-0.2, -0.15) is 0 Å². The molecule has 17 heavy (non-hydrogen) atoms. The number of aliphatic carboxylic acids is 1. The Morgan fingerprint density at radius 3 is 2.65 bits per heavy atom. The molecule has 1 rings (SSSR count). The van der Waals surface area contributed by atoms with Gasteiger partial charge in [0.2, 0.25) is 5.91 Å². The number of pyridine rings is 1. The quantitative estimate of drug-likeness (QED) is 0.699. The first kappa shape index (κ1) is 13.0. The third-order valence-corrected chi connectivity index (χ3v) is 2.56. The van der Waals surface area contributed by atoms with E-state index in [9.17, 15) is 9.59 Å². The van der Waals surface area contributed by atoms with Crippen LogP contribution in [0.15, 0.2) is 18.3 Å². The number of carbonyl (C=O) groups is 2. The summed E-state index contributed by atoms with van der Waals surface area (Å²) < 4.78 is 0. The molecule has 6 heteroatoms. The Kier molecular flexibility index (Phi) is 4.03. The lowest BCUT2D eigenvalue weighted by Gasteiger charge is -2.18. The molecule has 92 valence electrons. The van der Waals surface area contributed by atoms with Crippen LogP contribution in [0, 0.1) is 5.92 Å². The lowest BCUT2D eigenvalue weighted by Crippen LogP contribution is -2.30. The summed E-state index contributed by atoms with van der Waals surface area (Å²) in [4.78, 5) is 25.7. The van der Waals surface area contributed by atoms with Gasteiger partial charge in [-0.15, -0.1) is 0 Å². The molecule has 2 unspecified atom stereocenters. The summed E-state index contributed by atoms with van der Waals surface area (Å²) in [6.45, 7) is 3.33. The topological polar surface area (TPSA) is 105 Å². The lowest BCUT2D eigenvalue weighted by atomic mass is 10.0. The lowest BCUT2D eigenvalue weighted by molar-refractivity contribution is -0.141. The molecule has 2 atom stereocenters. The number of anilines is 1. The molecule has 0 radical (unpaired) electrons. The highest BCUT2D eigenvalue weighted by Crippen LogP contribution is 2.12. The van der Waals surface area contributed by atoms with E-state index in [1.807, 2.05) is 0 Å². The number of carboxylic acid groups (broad SMARTS) is 1. The van der Waals surface area contributed by atoms with Crippen LogP contribution in [0.3, 0.4) is 0 Å². The summed E-state index contributed by atoms with van der Waals surface area (Å²) in [6.07, 6.45) is 1.45. The van der Waals surface area contributed by atoms with Gasteiger partial charge in [0.05, 0.1) is 5.92 Å². The highest BCUT2D eigenvalue weighted by molar-refractivity contribution is 5.93. The molecule has 0 bridgehead atoms. The van der Waals surface area contributed by atoms with Gasteiger partial charge in [0.25, 0.3) is 0 Å². The average Bonchev–Trinajstić information content (AvgIpc) is 2.28. The second-order valence-corrected chi connectivity index (χ2v) is 3.85. The molecular weight excluding hydrogens is 222 g/mol. The minimum Gasteiger partial charge on any atom is -0.481 e. The molecule has 0 saturated heterocycles. The zero-order valence-electron chi connectivity index (χ0n) is 9.68. The standard InChI is InChI=1S/C11H15N3O3/c1-6(11(16)17)7(2)14-9-5-8(10(12)15)3-4-13-9/h3-7H,1-2H3,(H2,12,15)(H,13,14)(H,16,17). The number of carbonyl (C=O) groups excluding carboxylic acids is 1. The number of rotatable bonds is 5. The zero-order chi connectivity index (χ0) is 13.0. The van der Waals surface area contributed by atoms with Gasteiger partial charge >= 0.3 is 5.97 Å². The first-order valence-corrected chi connectivity index (χ1v) is 5.17. The smallest absolute Gasteiger partial charge is 0.308 e. The second-order valence-electron chi connectivity index (χ2n) is 3.85. The number of hydrogen-bond acceptors (Lipinski definition) is 4. The fourth-order valence-corrected chi connectivity index (χ4v) is 1.23. The summed E-state index contributed by atoms with van der Waals surface area (Å²) in [5.41, 5.74) is 5.46. The van der Waals surface area contributed by atoms with Gasteiger partial charge in [-0.3, -0.25) is 9.59 Å². The summed E-state index contributed by atoms with van der Waals surface area (Å²) >= 11 is 0. The van der Waals surface area contributed by atoms with Crippen LogP contribution >= 0.6 is 0 Å². The predicted octanol–water partition coefficient (Wildman–Crippen LogP) is 0.702. The van der Waals surface area contributed by atoms with E-state index < -0.39 is 17.8 Å². The fourth-order valence-electron chi connectivity index (χ4n) is 1.23. The zero-order valence-corrected chi connectivity index (χ0v) is 9.68. The highest BCUT2D eigenvalue weighted by Gasteiger charge is 2.19. The van der Waals surface area contributed by atoms with E-state index in [1.54, 1.807) is 13.8 Å². The molecule has 0 aromatic carbocycles. The first-order chi connectivity index (χ1) is 7.91. The number of nitrogens with zero attached hydrogens (tertiary/aromatic N) is 1. The van der Waals surface area contributed by atoms with Crippen molar-refractivity contribution in [3.8, 4) is 0 Å². The number of carboxylic acids is 1. The van der Waals surface area contributed by atoms with Crippen LogP contribution in [-0.4, -0.2) is 28.0 Å². The number of hydrogen-bond donors (Lipinski definition) is 3. The normalized spacial score (nSPS) is 13.8. The van der Waals surface area contributed by atoms with E-state index in [-0.39, 0.29) is 6.04 Å². The SMILES string of the molecule is CC(Nc1cc(C(N)=O)ccn1)C(C)C(=O)O. The van der Waals surface area contributed by atoms with Crippen LogP contribution in [-0.2, 0) is 4.79 Å². The largest absolute Gasteiger partial charge is 0.481 e. The predicted molar refractivity (Wildman–Crippen MR) is 62.6 cm³/mol. The maximum absolute atomic E-state index is 11.0. The Morgan fingerprint density at radius 1 is 1.47 bits per heavy atom. The van der Waals surface area contributed by atoms with Crippen LogP contribution in [0.2, 0.25) is 0 Å². The summed E-state index contributed by atoms with van der Waals surface area (Å²) in [6, 6.07) is 2.69. The number of nitrogens with one attached hydrogen (secondary N) is 1. The maximum Gasteiger partial charge on any atom is 0.308 e. The Hall–Kier alpha value is -2.11. The van der Waals surface area contributed by atoms with E-state index >= 15 is 0 Å². The van der Waals surface area contributed by atoms with Gasteiger partial charge < -0.3 is 16.2 Å². The molecule has 0 saturated carbocycles. The van der Waals surface area contributed by atoms with Crippen molar-refractivity contribution in [2.75, 3.05) is 5.32 Å². The molecule has 1 heterocycles. The Balaban J connectivity index is 2.78. The van der Waals surface area contributed by atoms with Crippen molar-refractivity contribution in [3.05, 3.63) is 23.9 Å². The summed E-state index contributed by atoms with van der Waals surface area (Å²) in [5, 5.41) is 11.8. The number of nitrogens with two attached hydrogens (primary N) is 1. The molecule has 0 aliphatic heterocycles. The molecule has 1 amide bonds. The fraction of sp³-hybridized carbons (Fsp3) is 0.364. The molecular formula is C11H15N3O3. The van der Waals surface area contributed by atoms with E-state index in [0.29, 0.717) is 11.4 Å². The molecule has 4 N–H and O–H groups in total. The first-order valence-electron chi connectivity index (χ1n) is 5.17. The highest BCUT2D eigenvalue weighted by atomic mass is 16.4. The minimum atomic E-state index is -0.893. The van der Waals surface area contributed by atoms with Crippen molar-refractivity contribution in [2.45, 2.75) is 19.9 Å². The minimum absolute atomic E-state index is 0.303. The van der Waals surface area contributed by atoms with E-state index in [2.05, 4.69) is 10.3 Å². The average molecular weight is 237 g/mol. The van der Waals surface area contributed by atoms with Crippen LogP contribution in [0.25, 0.3) is 0 Å². The van der Waals surface area contributed by atoms with Crippen molar-refractivity contribution < 1.29 is 14.7 Å². The molecule has 0 fully saturated rings. The number of amides is 1. The number of primary amides is 1. The Morgan fingerprint density at radius 2 is 2.12 bits per heavy atom. The third-order valence-electron chi connectivity index (χ3n) is 2.56. The molecule has 0 aliphatic rings. The van der Waals surface area contributed by atoms with Crippen LogP contribution in [0.5, 0.6) is 0 Å². The molecule has 6 nitrogen and oxygen atoms in total. The van der Waals surface area contributed by atoms with Gasteiger partial charge in [0.15, 0.2) is 0 Å². The van der Waals surface area contributed by atoms with Gasteiger partial charge in [0, 0.05) is 17.8 Å². The van der Waals surface area contributed by atoms with Crippen molar-refractivity contribution >= 4 is 17.7 Å². The summed E-state index contributed by atoms with van der Waals surface area (Å²) in [5.74, 6) is -1.57. The van der Waals surface area contributed by atoms with Gasteiger partial charge in [-0.1, -0.05) is 0 Å². The monoisotopic (exact) mass is 237 g/mol. The Bertz CT molecular complexity index is 434. The van der Waals surface area contributed by atoms with Crippen LogP contribution < -0.4 is 11.1 Å². The van der Waals surface area contributed by atoms with Crippen LogP contribution in [0.4, 0.5) is 5.82 Å². The van der Waals surface area contributed by atoms with E-state index in [4.69, 9.17) is 10.8 Å². The summed E-state index contributed by atoms with van der Waals surface area (Å²) in [7, 11) is 0. The molecule has 0 aliphatic carbocycles.